The third-order valence-electron chi connectivity index (χ3n) is 2.52. The van der Waals surface area contributed by atoms with Crippen LogP contribution in [0.3, 0.4) is 0 Å². The van der Waals surface area contributed by atoms with Gasteiger partial charge in [0.2, 0.25) is 5.52 Å². The van der Waals surface area contributed by atoms with Gasteiger partial charge in [-0.05, 0) is 23.3 Å². The van der Waals surface area contributed by atoms with E-state index in [0.29, 0.717) is 17.7 Å². The van der Waals surface area contributed by atoms with Gasteiger partial charge in [0.15, 0.2) is 5.52 Å². The second kappa shape index (κ2) is 4.57. The van der Waals surface area contributed by atoms with E-state index in [4.69, 9.17) is 0 Å². The number of rotatable bonds is 4. The molecule has 0 aliphatic carbocycles. The zero-order valence-corrected chi connectivity index (χ0v) is 9.90. The van der Waals surface area contributed by atoms with Crippen molar-refractivity contribution in [2.45, 2.75) is 13.0 Å². The summed E-state index contributed by atoms with van der Waals surface area (Å²) in [5.74, 6) is 0. The first kappa shape index (κ1) is 12.2. The van der Waals surface area contributed by atoms with Gasteiger partial charge in [-0.3, -0.25) is 10.1 Å². The Bertz CT molecular complexity index is 580. The minimum Gasteiger partial charge on any atom is -0.392 e. The largest absolute Gasteiger partial charge is 0.392 e. The predicted molar refractivity (Wildman–Crippen MR) is 63.4 cm³/mol. The van der Waals surface area contributed by atoms with E-state index in [2.05, 4.69) is 14.9 Å². The molecule has 2 rings (SSSR count). The molecule has 1 unspecified atom stereocenters. The molecule has 1 aromatic heterocycles. The quantitative estimate of drug-likeness (QED) is 0.637. The van der Waals surface area contributed by atoms with Crippen molar-refractivity contribution in [3.8, 4) is 0 Å². The van der Waals surface area contributed by atoms with E-state index in [9.17, 15) is 15.2 Å². The normalized spacial score (nSPS) is 12.6. The highest BCUT2D eigenvalue weighted by molar-refractivity contribution is 5.93. The molecule has 18 heavy (non-hydrogen) atoms. The van der Waals surface area contributed by atoms with Crippen LogP contribution in [-0.4, -0.2) is 40.0 Å². The first-order chi connectivity index (χ1) is 8.50. The van der Waals surface area contributed by atoms with E-state index in [1.165, 1.54) is 6.07 Å². The van der Waals surface area contributed by atoms with Gasteiger partial charge in [-0.2, -0.15) is 0 Å². The summed E-state index contributed by atoms with van der Waals surface area (Å²) in [7, 11) is 1.75. The summed E-state index contributed by atoms with van der Waals surface area (Å²) in [5, 5.41) is 27.4. The maximum atomic E-state index is 10.8. The number of non-ortho nitro benzene ring substituents is 1. The molecule has 0 saturated heterocycles. The van der Waals surface area contributed by atoms with Gasteiger partial charge in [-0.25, -0.2) is 4.63 Å². The summed E-state index contributed by atoms with van der Waals surface area (Å²) < 4.78 is 4.56. The average molecular weight is 252 g/mol. The van der Waals surface area contributed by atoms with Gasteiger partial charge in [0.1, 0.15) is 0 Å². The fourth-order valence-electron chi connectivity index (χ4n) is 1.79. The molecule has 1 atom stereocenters. The van der Waals surface area contributed by atoms with Crippen LogP contribution in [0.5, 0.6) is 0 Å². The van der Waals surface area contributed by atoms with Crippen LogP contribution in [0.25, 0.3) is 11.0 Å². The first-order valence-electron chi connectivity index (χ1n) is 5.29. The highest BCUT2D eigenvalue weighted by Crippen LogP contribution is 2.30. The second-order valence-electron chi connectivity index (χ2n) is 4.05. The number of aliphatic hydroxyl groups excluding tert-OH is 1. The van der Waals surface area contributed by atoms with Gasteiger partial charge in [0.05, 0.1) is 16.7 Å². The number of aliphatic hydroxyl groups is 1. The Kier molecular flexibility index (Phi) is 3.11. The summed E-state index contributed by atoms with van der Waals surface area (Å²) in [6, 6.07) is 2.91. The molecular formula is C10H12N4O4. The van der Waals surface area contributed by atoms with Gasteiger partial charge in [-0.1, -0.05) is 0 Å². The molecule has 8 heteroatoms. The highest BCUT2D eigenvalue weighted by atomic mass is 16.6. The number of hydrogen-bond acceptors (Lipinski definition) is 7. The lowest BCUT2D eigenvalue weighted by Crippen LogP contribution is -2.27. The van der Waals surface area contributed by atoms with E-state index in [1.54, 1.807) is 24.9 Å². The standard InChI is InChI=1S/C10H12N4O4/c1-6(15)5-13(2)7-3-4-8(14(16)17)10-9(7)11-18-12-10/h3-4,6,15H,5H2,1-2H3. The zero-order valence-electron chi connectivity index (χ0n) is 9.90. The number of benzene rings is 1. The van der Waals surface area contributed by atoms with E-state index in [-0.39, 0.29) is 11.2 Å². The Labute approximate surface area is 102 Å². The van der Waals surface area contributed by atoms with Gasteiger partial charge in [-0.15, -0.1) is 0 Å². The Balaban J connectivity index is 2.51. The minimum absolute atomic E-state index is 0.106. The van der Waals surface area contributed by atoms with Crippen LogP contribution < -0.4 is 4.90 Å². The zero-order chi connectivity index (χ0) is 13.3. The van der Waals surface area contributed by atoms with Crippen LogP contribution in [0.15, 0.2) is 16.8 Å². The maximum Gasteiger partial charge on any atom is 0.300 e. The third-order valence-corrected chi connectivity index (χ3v) is 2.52. The topological polar surface area (TPSA) is 106 Å². The van der Waals surface area contributed by atoms with E-state index in [1.807, 2.05) is 0 Å². The number of nitro benzene ring substituents is 1. The number of nitrogens with zero attached hydrogens (tertiary/aromatic N) is 4. The van der Waals surface area contributed by atoms with Gasteiger partial charge >= 0.3 is 5.69 Å². The Hall–Kier alpha value is -2.22. The van der Waals surface area contributed by atoms with Gasteiger partial charge in [0.25, 0.3) is 0 Å². The molecule has 1 heterocycles. The number of likely N-dealkylation sites (N-methyl/N-ethyl adjacent to an activating group) is 1. The molecule has 0 bridgehead atoms. The van der Waals surface area contributed by atoms with Gasteiger partial charge < -0.3 is 10.0 Å². The second-order valence-corrected chi connectivity index (χ2v) is 4.05. The SMILES string of the molecule is CC(O)CN(C)c1ccc([N+](=O)[O-])c2nonc12. The van der Waals surface area contributed by atoms with Crippen LogP contribution in [0.2, 0.25) is 0 Å². The fraction of sp³-hybridized carbons (Fsp3) is 0.400. The number of fused-ring (bicyclic) bond motifs is 1. The molecule has 0 fully saturated rings. The molecule has 0 aliphatic rings. The molecule has 1 N–H and O–H groups in total. The highest BCUT2D eigenvalue weighted by Gasteiger charge is 2.21. The van der Waals surface area contributed by atoms with Gasteiger partial charge in [0, 0.05) is 19.7 Å². The Morgan fingerprint density at radius 1 is 1.50 bits per heavy atom. The van der Waals surface area contributed by atoms with E-state index in [0.717, 1.165) is 0 Å². The van der Waals surface area contributed by atoms with Crippen LogP contribution in [-0.2, 0) is 0 Å². The van der Waals surface area contributed by atoms with Crippen LogP contribution in [0.1, 0.15) is 6.92 Å². The molecule has 1 aromatic carbocycles. The molecule has 2 aromatic rings. The van der Waals surface area contributed by atoms with E-state index >= 15 is 0 Å². The molecular weight excluding hydrogens is 240 g/mol. The predicted octanol–water partition coefficient (Wildman–Crippen LogP) is 0.948. The summed E-state index contributed by atoms with van der Waals surface area (Å²) in [6.07, 6.45) is -0.528. The lowest BCUT2D eigenvalue weighted by atomic mass is 10.2. The van der Waals surface area contributed by atoms with Crippen LogP contribution in [0, 0.1) is 10.1 Å². The van der Waals surface area contributed by atoms with E-state index < -0.39 is 11.0 Å². The number of aromatic nitrogens is 2. The third kappa shape index (κ3) is 2.09. The lowest BCUT2D eigenvalue weighted by molar-refractivity contribution is -0.383. The first-order valence-corrected chi connectivity index (χ1v) is 5.29. The summed E-state index contributed by atoms with van der Waals surface area (Å²) >= 11 is 0. The number of anilines is 1. The molecule has 0 amide bonds. The minimum atomic E-state index is -0.537. The molecule has 8 nitrogen and oxygen atoms in total. The molecule has 0 saturated carbocycles. The number of hydrogen-bond donors (Lipinski definition) is 1. The summed E-state index contributed by atoms with van der Waals surface area (Å²) in [5.41, 5.74) is 0.889. The molecule has 0 aliphatic heterocycles. The van der Waals surface area contributed by atoms with Crippen molar-refractivity contribution in [1.29, 1.82) is 0 Å². The van der Waals surface area contributed by atoms with Crippen molar-refractivity contribution >= 4 is 22.4 Å². The average Bonchev–Trinajstić information content (AvgIpc) is 2.74. The van der Waals surface area contributed by atoms with Crippen molar-refractivity contribution in [1.82, 2.24) is 10.3 Å². The summed E-state index contributed by atoms with van der Waals surface area (Å²) in [4.78, 5) is 12.0. The van der Waals surface area contributed by atoms with Crippen molar-refractivity contribution < 1.29 is 14.7 Å². The van der Waals surface area contributed by atoms with Crippen LogP contribution in [0.4, 0.5) is 11.4 Å². The molecule has 0 radical (unpaired) electrons. The molecule has 0 spiro atoms. The number of nitro groups is 1. The maximum absolute atomic E-state index is 10.8. The van der Waals surface area contributed by atoms with Crippen molar-refractivity contribution in [2.75, 3.05) is 18.5 Å². The molecule has 96 valence electrons. The Morgan fingerprint density at radius 3 is 2.78 bits per heavy atom. The fourth-order valence-corrected chi connectivity index (χ4v) is 1.79. The lowest BCUT2D eigenvalue weighted by Gasteiger charge is -2.20. The van der Waals surface area contributed by atoms with Crippen molar-refractivity contribution in [2.24, 2.45) is 0 Å². The van der Waals surface area contributed by atoms with Crippen molar-refractivity contribution in [3.63, 3.8) is 0 Å². The Morgan fingerprint density at radius 2 is 2.17 bits per heavy atom. The summed E-state index contributed by atoms with van der Waals surface area (Å²) in [6.45, 7) is 2.03. The monoisotopic (exact) mass is 252 g/mol. The smallest absolute Gasteiger partial charge is 0.300 e. The van der Waals surface area contributed by atoms with Crippen LogP contribution >= 0.6 is 0 Å². The van der Waals surface area contributed by atoms with Crippen molar-refractivity contribution in [3.05, 3.63) is 22.2 Å².